The second-order valence-corrected chi connectivity index (χ2v) is 5.97. The Morgan fingerprint density at radius 2 is 1.96 bits per heavy atom. The molecule has 7 heteroatoms. The number of thiazole rings is 1. The maximum absolute atomic E-state index is 11.4. The standard InChI is InChI=1S/C17H12N2O4S/c20-16(21)11-4-3-10(13(6-11)17(22)23)7-15-19-14(9-24-15)12-2-1-5-18-8-12/h1-6,8-9H,7H2,(H,20,21)(H,22,23). The molecule has 3 aromatic rings. The zero-order chi connectivity index (χ0) is 17.1. The van der Waals surface area contributed by atoms with E-state index in [1.807, 2.05) is 17.5 Å². The van der Waals surface area contributed by atoms with Gasteiger partial charge in [-0.25, -0.2) is 14.6 Å². The number of pyridine rings is 1. The number of aromatic nitrogens is 2. The molecule has 0 amide bonds. The molecule has 3 rings (SSSR count). The summed E-state index contributed by atoms with van der Waals surface area (Å²) in [5.74, 6) is -2.31. The molecule has 0 aliphatic rings. The van der Waals surface area contributed by atoms with Gasteiger partial charge in [-0.1, -0.05) is 6.07 Å². The highest BCUT2D eigenvalue weighted by Gasteiger charge is 2.15. The van der Waals surface area contributed by atoms with Crippen molar-refractivity contribution >= 4 is 23.3 Å². The van der Waals surface area contributed by atoms with E-state index in [2.05, 4.69) is 9.97 Å². The third-order valence-corrected chi connectivity index (χ3v) is 4.29. The summed E-state index contributed by atoms with van der Waals surface area (Å²) in [6.07, 6.45) is 3.72. The van der Waals surface area contributed by atoms with E-state index in [-0.39, 0.29) is 11.1 Å². The fraction of sp³-hybridized carbons (Fsp3) is 0.0588. The van der Waals surface area contributed by atoms with E-state index in [1.165, 1.54) is 29.5 Å². The molecule has 0 aliphatic heterocycles. The number of carbonyl (C=O) groups is 2. The normalized spacial score (nSPS) is 10.5. The number of hydrogen-bond donors (Lipinski definition) is 2. The molecule has 2 aromatic heterocycles. The molecule has 0 bridgehead atoms. The van der Waals surface area contributed by atoms with Crippen LogP contribution in [-0.2, 0) is 6.42 Å². The smallest absolute Gasteiger partial charge is 0.336 e. The molecule has 0 atom stereocenters. The third kappa shape index (κ3) is 3.31. The minimum atomic E-state index is -1.16. The summed E-state index contributed by atoms with van der Waals surface area (Å²) in [6.45, 7) is 0. The van der Waals surface area contributed by atoms with Gasteiger partial charge < -0.3 is 10.2 Å². The Morgan fingerprint density at radius 1 is 1.12 bits per heavy atom. The van der Waals surface area contributed by atoms with Crippen LogP contribution in [0.25, 0.3) is 11.3 Å². The van der Waals surface area contributed by atoms with Gasteiger partial charge in [-0.15, -0.1) is 11.3 Å². The molecular weight excluding hydrogens is 328 g/mol. The summed E-state index contributed by atoms with van der Waals surface area (Å²) in [7, 11) is 0. The van der Waals surface area contributed by atoms with Crippen molar-refractivity contribution in [3.63, 3.8) is 0 Å². The minimum absolute atomic E-state index is 0.0203. The number of carboxylic acids is 2. The van der Waals surface area contributed by atoms with E-state index in [1.54, 1.807) is 12.4 Å². The largest absolute Gasteiger partial charge is 0.478 e. The van der Waals surface area contributed by atoms with Crippen molar-refractivity contribution < 1.29 is 19.8 Å². The van der Waals surface area contributed by atoms with Gasteiger partial charge in [0, 0.05) is 29.8 Å². The molecule has 0 radical (unpaired) electrons. The van der Waals surface area contributed by atoms with Gasteiger partial charge in [0.25, 0.3) is 0 Å². The second kappa shape index (κ2) is 6.59. The summed E-state index contributed by atoms with van der Waals surface area (Å²) in [4.78, 5) is 30.9. The van der Waals surface area contributed by atoms with E-state index in [0.29, 0.717) is 12.0 Å². The molecule has 1 aromatic carbocycles. The molecule has 0 aliphatic carbocycles. The molecule has 0 unspecified atom stereocenters. The summed E-state index contributed by atoms with van der Waals surface area (Å²) in [5, 5.41) is 20.9. The molecule has 0 saturated carbocycles. The highest BCUT2D eigenvalue weighted by Crippen LogP contribution is 2.24. The van der Waals surface area contributed by atoms with Crippen LogP contribution in [0, 0.1) is 0 Å². The number of rotatable bonds is 5. The first kappa shape index (κ1) is 15.8. The minimum Gasteiger partial charge on any atom is -0.478 e. The topological polar surface area (TPSA) is 100 Å². The number of hydrogen-bond acceptors (Lipinski definition) is 5. The molecule has 0 spiro atoms. The Kier molecular flexibility index (Phi) is 4.35. The summed E-state index contributed by atoms with van der Waals surface area (Å²) in [6, 6.07) is 7.82. The van der Waals surface area contributed by atoms with Crippen LogP contribution in [0.3, 0.4) is 0 Å². The Bertz CT molecular complexity index is 906. The fourth-order valence-corrected chi connectivity index (χ4v) is 3.09. The molecule has 120 valence electrons. The van der Waals surface area contributed by atoms with Gasteiger partial charge in [-0.05, 0) is 29.8 Å². The fourth-order valence-electron chi connectivity index (χ4n) is 2.26. The van der Waals surface area contributed by atoms with Crippen molar-refractivity contribution in [2.45, 2.75) is 6.42 Å². The van der Waals surface area contributed by atoms with Gasteiger partial charge in [0.05, 0.1) is 21.8 Å². The molecule has 2 N–H and O–H groups in total. The van der Waals surface area contributed by atoms with Crippen LogP contribution in [0.1, 0.15) is 31.3 Å². The van der Waals surface area contributed by atoms with Crippen molar-refractivity contribution in [2.24, 2.45) is 0 Å². The Balaban J connectivity index is 1.90. The first-order valence-electron chi connectivity index (χ1n) is 6.99. The number of aromatic carboxylic acids is 2. The van der Waals surface area contributed by atoms with Crippen molar-refractivity contribution in [2.75, 3.05) is 0 Å². The Morgan fingerprint density at radius 3 is 2.62 bits per heavy atom. The Hall–Kier alpha value is -3.06. The number of nitrogens with zero attached hydrogens (tertiary/aromatic N) is 2. The van der Waals surface area contributed by atoms with E-state index >= 15 is 0 Å². The summed E-state index contributed by atoms with van der Waals surface area (Å²) >= 11 is 1.42. The summed E-state index contributed by atoms with van der Waals surface area (Å²) < 4.78 is 0. The van der Waals surface area contributed by atoms with Gasteiger partial charge in [0.1, 0.15) is 0 Å². The molecule has 6 nitrogen and oxygen atoms in total. The van der Waals surface area contributed by atoms with Crippen LogP contribution >= 0.6 is 11.3 Å². The van der Waals surface area contributed by atoms with Crippen LogP contribution in [0.15, 0.2) is 48.1 Å². The summed E-state index contributed by atoms with van der Waals surface area (Å²) in [5.41, 5.74) is 2.13. The predicted octanol–water partition coefficient (Wildman–Crippen LogP) is 3.19. The quantitative estimate of drug-likeness (QED) is 0.740. The third-order valence-electron chi connectivity index (χ3n) is 3.44. The average molecular weight is 340 g/mol. The van der Waals surface area contributed by atoms with Crippen LogP contribution < -0.4 is 0 Å². The first-order valence-corrected chi connectivity index (χ1v) is 7.87. The van der Waals surface area contributed by atoms with Crippen molar-refractivity contribution in [1.82, 2.24) is 9.97 Å². The van der Waals surface area contributed by atoms with Crippen LogP contribution in [0.2, 0.25) is 0 Å². The van der Waals surface area contributed by atoms with E-state index in [0.717, 1.165) is 16.3 Å². The van der Waals surface area contributed by atoms with Gasteiger partial charge in [0.2, 0.25) is 0 Å². The van der Waals surface area contributed by atoms with E-state index in [4.69, 9.17) is 5.11 Å². The zero-order valence-electron chi connectivity index (χ0n) is 12.3. The van der Waals surface area contributed by atoms with E-state index in [9.17, 15) is 14.7 Å². The van der Waals surface area contributed by atoms with Gasteiger partial charge in [0.15, 0.2) is 0 Å². The van der Waals surface area contributed by atoms with Crippen LogP contribution in [-0.4, -0.2) is 32.1 Å². The maximum atomic E-state index is 11.4. The molecule has 2 heterocycles. The van der Waals surface area contributed by atoms with Crippen molar-refractivity contribution in [3.05, 3.63) is 69.8 Å². The SMILES string of the molecule is O=C(O)c1ccc(Cc2nc(-c3cccnc3)cs2)c(C(=O)O)c1. The highest BCUT2D eigenvalue weighted by molar-refractivity contribution is 7.10. The molecular formula is C17H12N2O4S. The van der Waals surface area contributed by atoms with Gasteiger partial charge in [-0.2, -0.15) is 0 Å². The predicted molar refractivity (Wildman–Crippen MR) is 88.5 cm³/mol. The Labute approximate surface area is 141 Å². The van der Waals surface area contributed by atoms with E-state index < -0.39 is 11.9 Å². The first-order chi connectivity index (χ1) is 11.5. The molecule has 0 fully saturated rings. The average Bonchev–Trinajstić information content (AvgIpc) is 3.04. The number of benzene rings is 1. The lowest BCUT2D eigenvalue weighted by Crippen LogP contribution is -2.06. The number of carboxylic acid groups (broad SMARTS) is 2. The lowest BCUT2D eigenvalue weighted by atomic mass is 10.0. The van der Waals surface area contributed by atoms with Crippen LogP contribution in [0.5, 0.6) is 0 Å². The van der Waals surface area contributed by atoms with Crippen LogP contribution in [0.4, 0.5) is 0 Å². The van der Waals surface area contributed by atoms with Gasteiger partial charge in [-0.3, -0.25) is 4.98 Å². The monoisotopic (exact) mass is 340 g/mol. The molecule has 0 saturated heterocycles. The second-order valence-electron chi connectivity index (χ2n) is 5.03. The van der Waals surface area contributed by atoms with Crippen molar-refractivity contribution in [3.8, 4) is 11.3 Å². The highest BCUT2D eigenvalue weighted by atomic mass is 32.1. The lowest BCUT2D eigenvalue weighted by Gasteiger charge is -2.05. The van der Waals surface area contributed by atoms with Gasteiger partial charge >= 0.3 is 11.9 Å². The zero-order valence-corrected chi connectivity index (χ0v) is 13.2. The lowest BCUT2D eigenvalue weighted by molar-refractivity contribution is 0.0695. The molecule has 24 heavy (non-hydrogen) atoms. The maximum Gasteiger partial charge on any atom is 0.336 e. The van der Waals surface area contributed by atoms with Crippen molar-refractivity contribution in [1.29, 1.82) is 0 Å².